The lowest BCUT2D eigenvalue weighted by Crippen LogP contribution is -2.63. The summed E-state index contributed by atoms with van der Waals surface area (Å²) in [4.78, 5) is 10.00. The van der Waals surface area contributed by atoms with Crippen LogP contribution in [-0.4, -0.2) is 57.5 Å². The fourth-order valence-electron chi connectivity index (χ4n) is 1.99. The summed E-state index contributed by atoms with van der Waals surface area (Å²) in [5.41, 5.74) is 5.61. The summed E-state index contributed by atoms with van der Waals surface area (Å²) in [6, 6.07) is 4.19. The van der Waals surface area contributed by atoms with Gasteiger partial charge in [-0.1, -0.05) is 0 Å². The third-order valence-electron chi connectivity index (χ3n) is 3.23. The van der Waals surface area contributed by atoms with E-state index < -0.39 is 42.2 Å². The quantitative estimate of drug-likeness (QED) is 0.397. The van der Waals surface area contributed by atoms with Crippen molar-refractivity contribution in [2.45, 2.75) is 30.6 Å². The molecular weight excluding hydrogens is 284 g/mol. The van der Waals surface area contributed by atoms with Gasteiger partial charge in [0.25, 0.3) is 5.69 Å². The van der Waals surface area contributed by atoms with Gasteiger partial charge in [0.1, 0.15) is 24.1 Å². The number of hydrogen-bond acceptors (Lipinski definition) is 8. The fourth-order valence-corrected chi connectivity index (χ4v) is 1.99. The Bertz CT molecular complexity index is 493. The lowest BCUT2D eigenvalue weighted by Gasteiger charge is -2.40. The molecule has 5 N–H and O–H groups in total. The van der Waals surface area contributed by atoms with Crippen LogP contribution in [0.5, 0.6) is 5.75 Å². The average Bonchev–Trinajstić information content (AvgIpc) is 2.48. The standard InChI is InChI=1S/C12H16N2O7/c13-9-11(17)10(16)8(5-15)21-12(9)20-7-3-1-6(2-4-7)14(18)19/h1-4,8-12,15-17H,5,13H2/t8-,9-,10+,11-,12-/m1/s1. The molecule has 5 atom stereocenters. The first-order valence-corrected chi connectivity index (χ1v) is 6.23. The SMILES string of the molecule is N[C@H]1[C@H](Oc2ccc([N+](=O)[O-])cc2)O[C@H](CO)[C@H](O)[C@@H]1O. The highest BCUT2D eigenvalue weighted by atomic mass is 16.7. The van der Waals surface area contributed by atoms with Crippen molar-refractivity contribution in [2.75, 3.05) is 6.61 Å². The number of ether oxygens (including phenoxy) is 2. The summed E-state index contributed by atoms with van der Waals surface area (Å²) in [5.74, 6) is 0.251. The molecule has 9 heteroatoms. The van der Waals surface area contributed by atoms with Gasteiger partial charge in [-0.3, -0.25) is 10.1 Å². The second-order valence-corrected chi connectivity index (χ2v) is 4.65. The lowest BCUT2D eigenvalue weighted by atomic mass is 9.98. The van der Waals surface area contributed by atoms with E-state index in [0.717, 1.165) is 0 Å². The highest BCUT2D eigenvalue weighted by Crippen LogP contribution is 2.24. The molecule has 1 fully saturated rings. The Kier molecular flexibility index (Phi) is 4.70. The summed E-state index contributed by atoms with van der Waals surface area (Å²) in [6.45, 7) is -0.509. The van der Waals surface area contributed by atoms with Gasteiger partial charge in [-0.15, -0.1) is 0 Å². The van der Waals surface area contributed by atoms with E-state index in [1.54, 1.807) is 0 Å². The molecule has 0 bridgehead atoms. The third-order valence-corrected chi connectivity index (χ3v) is 3.23. The van der Waals surface area contributed by atoms with Crippen LogP contribution in [0.25, 0.3) is 0 Å². The van der Waals surface area contributed by atoms with Crippen molar-refractivity contribution >= 4 is 5.69 Å². The van der Waals surface area contributed by atoms with Crippen LogP contribution in [0.2, 0.25) is 0 Å². The van der Waals surface area contributed by atoms with Crippen molar-refractivity contribution in [1.82, 2.24) is 0 Å². The predicted molar refractivity (Wildman–Crippen MR) is 69.5 cm³/mol. The Morgan fingerprint density at radius 1 is 1.29 bits per heavy atom. The van der Waals surface area contributed by atoms with Gasteiger partial charge in [-0.2, -0.15) is 0 Å². The molecule has 0 aromatic heterocycles. The van der Waals surface area contributed by atoms with E-state index in [4.69, 9.17) is 20.3 Å². The number of nitrogens with two attached hydrogens (primary N) is 1. The summed E-state index contributed by atoms with van der Waals surface area (Å²) < 4.78 is 10.7. The molecule has 0 spiro atoms. The normalized spacial score (nSPS) is 32.7. The largest absolute Gasteiger partial charge is 0.463 e. The van der Waals surface area contributed by atoms with E-state index in [1.165, 1.54) is 24.3 Å². The number of non-ortho nitro benzene ring substituents is 1. The number of aliphatic hydroxyl groups excluding tert-OH is 3. The van der Waals surface area contributed by atoms with Crippen molar-refractivity contribution in [3.05, 3.63) is 34.4 Å². The number of nitro groups is 1. The predicted octanol–water partition coefficient (Wildman–Crippen LogP) is -1.26. The Labute approximate surface area is 119 Å². The number of nitrogens with zero attached hydrogens (tertiary/aromatic N) is 1. The molecular formula is C12H16N2O7. The maximum Gasteiger partial charge on any atom is 0.269 e. The Morgan fingerprint density at radius 3 is 2.43 bits per heavy atom. The molecule has 0 aliphatic carbocycles. The molecule has 21 heavy (non-hydrogen) atoms. The first-order chi connectivity index (χ1) is 9.93. The molecule has 0 unspecified atom stereocenters. The molecule has 116 valence electrons. The molecule has 9 nitrogen and oxygen atoms in total. The minimum Gasteiger partial charge on any atom is -0.463 e. The summed E-state index contributed by atoms with van der Waals surface area (Å²) in [5, 5.41) is 39.0. The van der Waals surface area contributed by atoms with Gasteiger partial charge in [0.15, 0.2) is 0 Å². The second kappa shape index (κ2) is 6.33. The van der Waals surface area contributed by atoms with E-state index in [9.17, 15) is 20.3 Å². The molecule has 0 radical (unpaired) electrons. The minimum atomic E-state index is -1.32. The van der Waals surface area contributed by atoms with Gasteiger partial charge in [-0.05, 0) is 12.1 Å². The zero-order chi connectivity index (χ0) is 15.6. The van der Waals surface area contributed by atoms with Gasteiger partial charge in [0.2, 0.25) is 6.29 Å². The average molecular weight is 300 g/mol. The number of hydrogen-bond donors (Lipinski definition) is 4. The maximum absolute atomic E-state index is 10.5. The number of benzene rings is 1. The van der Waals surface area contributed by atoms with Gasteiger partial charge in [-0.25, -0.2) is 0 Å². The van der Waals surface area contributed by atoms with Crippen LogP contribution < -0.4 is 10.5 Å². The number of nitro benzene ring substituents is 1. The zero-order valence-corrected chi connectivity index (χ0v) is 10.9. The van der Waals surface area contributed by atoms with E-state index >= 15 is 0 Å². The highest BCUT2D eigenvalue weighted by Gasteiger charge is 2.43. The third kappa shape index (κ3) is 3.28. The minimum absolute atomic E-state index is 0.0973. The monoisotopic (exact) mass is 300 g/mol. The van der Waals surface area contributed by atoms with Crippen LogP contribution >= 0.6 is 0 Å². The molecule has 1 aliphatic rings. The van der Waals surface area contributed by atoms with Crippen molar-refractivity contribution in [3.63, 3.8) is 0 Å². The Balaban J connectivity index is 2.08. The van der Waals surface area contributed by atoms with E-state index in [2.05, 4.69) is 0 Å². The molecule has 1 aromatic carbocycles. The Hall–Kier alpha value is -1.78. The van der Waals surface area contributed by atoms with Crippen molar-refractivity contribution in [1.29, 1.82) is 0 Å². The van der Waals surface area contributed by atoms with E-state index in [-0.39, 0.29) is 11.4 Å². The van der Waals surface area contributed by atoms with Crippen molar-refractivity contribution in [2.24, 2.45) is 5.73 Å². The first kappa shape index (κ1) is 15.6. The molecule has 1 heterocycles. The van der Waals surface area contributed by atoms with E-state index in [0.29, 0.717) is 0 Å². The molecule has 0 saturated carbocycles. The van der Waals surface area contributed by atoms with Crippen LogP contribution in [0.1, 0.15) is 0 Å². The molecule has 1 saturated heterocycles. The van der Waals surface area contributed by atoms with Crippen LogP contribution in [-0.2, 0) is 4.74 Å². The van der Waals surface area contributed by atoms with Gasteiger partial charge < -0.3 is 30.5 Å². The van der Waals surface area contributed by atoms with Gasteiger partial charge in [0, 0.05) is 12.1 Å². The molecule has 2 rings (SSSR count). The first-order valence-electron chi connectivity index (χ1n) is 6.23. The van der Waals surface area contributed by atoms with Gasteiger partial charge in [0.05, 0.1) is 17.6 Å². The number of rotatable bonds is 4. The van der Waals surface area contributed by atoms with Crippen LogP contribution in [0.3, 0.4) is 0 Å². The second-order valence-electron chi connectivity index (χ2n) is 4.65. The lowest BCUT2D eigenvalue weighted by molar-refractivity contribution is -0.384. The smallest absolute Gasteiger partial charge is 0.269 e. The maximum atomic E-state index is 10.5. The van der Waals surface area contributed by atoms with Crippen LogP contribution in [0.4, 0.5) is 5.69 Å². The summed E-state index contributed by atoms with van der Waals surface area (Å²) in [6.07, 6.45) is -4.76. The molecule has 0 amide bonds. The zero-order valence-electron chi connectivity index (χ0n) is 10.9. The summed E-state index contributed by atoms with van der Waals surface area (Å²) >= 11 is 0. The topological polar surface area (TPSA) is 148 Å². The molecule has 1 aliphatic heterocycles. The van der Waals surface area contributed by atoms with Crippen molar-refractivity contribution in [3.8, 4) is 5.75 Å². The molecule has 1 aromatic rings. The van der Waals surface area contributed by atoms with Crippen LogP contribution in [0, 0.1) is 10.1 Å². The highest BCUT2D eigenvalue weighted by molar-refractivity contribution is 5.36. The van der Waals surface area contributed by atoms with E-state index in [1.807, 2.05) is 0 Å². The number of aliphatic hydroxyl groups is 3. The van der Waals surface area contributed by atoms with Gasteiger partial charge >= 0.3 is 0 Å². The fraction of sp³-hybridized carbons (Fsp3) is 0.500. The summed E-state index contributed by atoms with van der Waals surface area (Å²) in [7, 11) is 0. The van der Waals surface area contributed by atoms with Crippen LogP contribution in [0.15, 0.2) is 24.3 Å². The Morgan fingerprint density at radius 2 is 1.90 bits per heavy atom. The van der Waals surface area contributed by atoms with Crippen molar-refractivity contribution < 1.29 is 29.7 Å².